The third-order valence-electron chi connectivity index (χ3n) is 10.6. The summed E-state index contributed by atoms with van der Waals surface area (Å²) < 4.78 is 18.0. The first-order valence-corrected chi connectivity index (χ1v) is 12.1. The first-order valence-electron chi connectivity index (χ1n) is 12.1. The molecule has 1 spiro atoms. The highest BCUT2D eigenvalue weighted by molar-refractivity contribution is 5.66. The van der Waals surface area contributed by atoms with E-state index in [2.05, 4.69) is 13.8 Å². The van der Waals surface area contributed by atoms with E-state index >= 15 is 0 Å². The molecule has 4 aliphatic carbocycles. The van der Waals surface area contributed by atoms with Gasteiger partial charge in [0.25, 0.3) is 0 Å². The van der Waals surface area contributed by atoms with Gasteiger partial charge in [0.1, 0.15) is 12.2 Å². The van der Waals surface area contributed by atoms with Crippen LogP contribution in [0.1, 0.15) is 86.0 Å². The third kappa shape index (κ3) is 2.73. The molecule has 5 nitrogen and oxygen atoms in total. The van der Waals surface area contributed by atoms with Gasteiger partial charge in [0, 0.05) is 12.3 Å². The van der Waals surface area contributed by atoms with Crippen LogP contribution in [0.2, 0.25) is 0 Å². The molecule has 4 saturated carbocycles. The van der Waals surface area contributed by atoms with Crippen molar-refractivity contribution in [1.82, 2.24) is 0 Å². The molecule has 5 rings (SSSR count). The molecule has 2 bridgehead atoms. The van der Waals surface area contributed by atoms with Crippen molar-refractivity contribution in [2.45, 2.75) is 103 Å². The molecule has 0 aromatic carbocycles. The van der Waals surface area contributed by atoms with E-state index in [4.69, 9.17) is 14.2 Å². The molecule has 0 unspecified atom stereocenters. The first-order chi connectivity index (χ1) is 13.9. The fourth-order valence-corrected chi connectivity index (χ4v) is 9.01. The van der Waals surface area contributed by atoms with E-state index in [1.165, 1.54) is 26.2 Å². The zero-order valence-electron chi connectivity index (χ0n) is 19.5. The molecule has 1 N–H and O–H groups in total. The van der Waals surface area contributed by atoms with Crippen molar-refractivity contribution in [3.05, 3.63) is 0 Å². The fourth-order valence-electron chi connectivity index (χ4n) is 9.01. The lowest BCUT2D eigenvalue weighted by Crippen LogP contribution is -2.66. The lowest BCUT2D eigenvalue weighted by Gasteiger charge is -2.68. The van der Waals surface area contributed by atoms with Crippen LogP contribution in [0.15, 0.2) is 0 Å². The highest BCUT2D eigenvalue weighted by Crippen LogP contribution is 2.75. The molecular weight excluding hydrogens is 380 g/mol. The summed E-state index contributed by atoms with van der Waals surface area (Å²) in [5.41, 5.74) is -0.231. The van der Waals surface area contributed by atoms with Crippen LogP contribution in [0, 0.1) is 34.0 Å². The molecule has 5 aliphatic rings. The first kappa shape index (κ1) is 21.2. The molecule has 0 aromatic heterocycles. The maximum Gasteiger partial charge on any atom is 0.302 e. The highest BCUT2D eigenvalue weighted by atomic mass is 16.7. The average Bonchev–Trinajstić information content (AvgIpc) is 3.02. The van der Waals surface area contributed by atoms with E-state index in [0.29, 0.717) is 17.3 Å². The smallest absolute Gasteiger partial charge is 0.302 e. The second-order valence-electron chi connectivity index (χ2n) is 12.3. The molecular formula is C25H40O5. The van der Waals surface area contributed by atoms with Gasteiger partial charge in [0.2, 0.25) is 0 Å². The van der Waals surface area contributed by atoms with Crippen LogP contribution in [0.3, 0.4) is 0 Å². The Morgan fingerprint density at radius 1 is 1.07 bits per heavy atom. The molecule has 0 amide bonds. The Morgan fingerprint density at radius 2 is 1.83 bits per heavy atom. The Balaban J connectivity index is 1.44. The van der Waals surface area contributed by atoms with E-state index in [0.717, 1.165) is 38.7 Å². The zero-order valence-corrected chi connectivity index (χ0v) is 19.5. The van der Waals surface area contributed by atoms with E-state index < -0.39 is 11.4 Å². The van der Waals surface area contributed by atoms with Crippen LogP contribution in [0.5, 0.6) is 0 Å². The number of ether oxygens (including phenoxy) is 3. The van der Waals surface area contributed by atoms with Gasteiger partial charge in [-0.05, 0) is 93.8 Å². The molecule has 170 valence electrons. The summed E-state index contributed by atoms with van der Waals surface area (Å²) in [4.78, 5) is 11.4. The Labute approximate surface area is 181 Å². The minimum atomic E-state index is -0.845. The van der Waals surface area contributed by atoms with E-state index in [1.54, 1.807) is 0 Å². The Morgan fingerprint density at radius 3 is 2.57 bits per heavy atom. The van der Waals surface area contributed by atoms with Crippen LogP contribution in [0.4, 0.5) is 0 Å². The fraction of sp³-hybridized carbons (Fsp3) is 0.960. The summed E-state index contributed by atoms with van der Waals surface area (Å²) in [7, 11) is 0. The monoisotopic (exact) mass is 420 g/mol. The number of aliphatic hydroxyl groups is 1. The average molecular weight is 421 g/mol. The van der Waals surface area contributed by atoms with Gasteiger partial charge < -0.3 is 19.3 Å². The quantitative estimate of drug-likeness (QED) is 0.669. The van der Waals surface area contributed by atoms with Crippen molar-refractivity contribution in [1.29, 1.82) is 0 Å². The van der Waals surface area contributed by atoms with E-state index in [1.807, 2.05) is 13.8 Å². The third-order valence-corrected chi connectivity index (χ3v) is 10.6. The summed E-state index contributed by atoms with van der Waals surface area (Å²) in [6.07, 6.45) is 9.03. The van der Waals surface area contributed by atoms with Gasteiger partial charge in [0.15, 0.2) is 5.79 Å². The second kappa shape index (κ2) is 6.45. The standard InChI is InChI=1S/C25H40O5/c1-16(26)28-15-25(27)11-10-24-13-18(25)12-17(24)6-7-19-22(4)14-29-21(2,3)30-20(22)8-9-23(19,24)5/h17-20,27H,6-15H2,1-5H3/t17-,18+,19-,20+,22-,23-,24-,25-/m0/s1. The predicted molar refractivity (Wildman–Crippen MR) is 113 cm³/mol. The van der Waals surface area contributed by atoms with E-state index in [9.17, 15) is 9.90 Å². The maximum absolute atomic E-state index is 11.4. The summed E-state index contributed by atoms with van der Waals surface area (Å²) >= 11 is 0. The Kier molecular flexibility index (Phi) is 4.56. The van der Waals surface area contributed by atoms with Gasteiger partial charge in [-0.1, -0.05) is 13.8 Å². The van der Waals surface area contributed by atoms with Gasteiger partial charge in [-0.25, -0.2) is 0 Å². The number of esters is 1. The van der Waals surface area contributed by atoms with Crippen LogP contribution < -0.4 is 0 Å². The summed E-state index contributed by atoms with van der Waals surface area (Å²) in [6, 6.07) is 0. The normalized spacial score (nSPS) is 53.9. The Bertz CT molecular complexity index is 735. The summed E-state index contributed by atoms with van der Waals surface area (Å²) in [6.45, 7) is 11.4. The minimum Gasteiger partial charge on any atom is -0.463 e. The molecule has 8 atom stereocenters. The SMILES string of the molecule is CC(=O)OC[C@@]1(O)CC[C@]23C[C@H]1C[C@@H]2CC[C@H]1[C@]2(C)COC(C)(C)O[C@@H]2CC[C@@]13C. The van der Waals surface area contributed by atoms with Crippen LogP contribution >= 0.6 is 0 Å². The van der Waals surface area contributed by atoms with Gasteiger partial charge in [-0.2, -0.15) is 0 Å². The number of hydrogen-bond donors (Lipinski definition) is 1. The Hall–Kier alpha value is -0.650. The summed E-state index contributed by atoms with van der Waals surface area (Å²) in [5.74, 6) is 0.739. The van der Waals surface area contributed by atoms with E-state index in [-0.39, 0.29) is 35.4 Å². The second-order valence-corrected chi connectivity index (χ2v) is 12.3. The van der Waals surface area contributed by atoms with Gasteiger partial charge in [-0.15, -0.1) is 0 Å². The van der Waals surface area contributed by atoms with Gasteiger partial charge in [-0.3, -0.25) is 4.79 Å². The molecule has 1 aliphatic heterocycles. The number of carbonyl (C=O) groups is 1. The van der Waals surface area contributed by atoms with Crippen molar-refractivity contribution < 1.29 is 24.1 Å². The molecule has 1 saturated heterocycles. The van der Waals surface area contributed by atoms with Gasteiger partial charge >= 0.3 is 5.97 Å². The van der Waals surface area contributed by atoms with Crippen molar-refractivity contribution in [2.75, 3.05) is 13.2 Å². The number of rotatable bonds is 2. The number of hydrogen-bond acceptors (Lipinski definition) is 5. The van der Waals surface area contributed by atoms with Gasteiger partial charge in [0.05, 0.1) is 12.7 Å². The lowest BCUT2D eigenvalue weighted by atomic mass is 9.39. The van der Waals surface area contributed by atoms with Crippen molar-refractivity contribution in [3.8, 4) is 0 Å². The maximum atomic E-state index is 11.4. The highest BCUT2D eigenvalue weighted by Gasteiger charge is 2.71. The van der Waals surface area contributed by atoms with Crippen LogP contribution in [-0.2, 0) is 19.0 Å². The lowest BCUT2D eigenvalue weighted by molar-refractivity contribution is -0.352. The number of carbonyl (C=O) groups excluding carboxylic acids is 1. The van der Waals surface area contributed by atoms with Crippen LogP contribution in [-0.4, -0.2) is 41.8 Å². The molecule has 0 radical (unpaired) electrons. The van der Waals surface area contributed by atoms with Crippen molar-refractivity contribution in [2.24, 2.45) is 34.0 Å². The minimum absolute atomic E-state index is 0.0613. The van der Waals surface area contributed by atoms with Crippen molar-refractivity contribution in [3.63, 3.8) is 0 Å². The molecule has 1 heterocycles. The van der Waals surface area contributed by atoms with Crippen molar-refractivity contribution >= 4 is 5.97 Å². The molecule has 30 heavy (non-hydrogen) atoms. The molecule has 0 aromatic rings. The number of fused-ring (bicyclic) bond motifs is 4. The largest absolute Gasteiger partial charge is 0.463 e. The predicted octanol–water partition coefficient (Wildman–Crippen LogP) is 4.45. The summed E-state index contributed by atoms with van der Waals surface area (Å²) in [5, 5.41) is 11.4. The van der Waals surface area contributed by atoms with Crippen LogP contribution in [0.25, 0.3) is 0 Å². The molecule has 5 fully saturated rings. The topological polar surface area (TPSA) is 65.0 Å². The zero-order chi connectivity index (χ0) is 21.6. The molecule has 5 heteroatoms.